The van der Waals surface area contributed by atoms with Gasteiger partial charge < -0.3 is 11.5 Å². The lowest BCUT2D eigenvalue weighted by molar-refractivity contribution is 1.11. The maximum absolute atomic E-state index is 6.01. The van der Waals surface area contributed by atoms with Crippen LogP contribution in [0.3, 0.4) is 0 Å². The summed E-state index contributed by atoms with van der Waals surface area (Å²) in [5, 5.41) is 0. The molecule has 0 amide bonds. The van der Waals surface area contributed by atoms with Crippen LogP contribution in [0.4, 0.5) is 11.4 Å². The van der Waals surface area contributed by atoms with Crippen molar-refractivity contribution in [3.63, 3.8) is 0 Å². The second-order valence-corrected chi connectivity index (χ2v) is 13.6. The Hall–Kier alpha value is -6.64. The van der Waals surface area contributed by atoms with Crippen LogP contribution in [0.2, 0.25) is 0 Å². The molecule has 0 bridgehead atoms. The second-order valence-electron chi connectivity index (χ2n) is 13.6. The number of hydrogen-bond donors (Lipinski definition) is 2. The first-order chi connectivity index (χ1) is 35.4. The first kappa shape index (κ1) is 71.9. The number of rotatable bonds is 6. The summed E-state index contributed by atoms with van der Waals surface area (Å²) in [7, 11) is 0. The van der Waals surface area contributed by atoms with Crippen molar-refractivity contribution in [2.75, 3.05) is 11.5 Å². The van der Waals surface area contributed by atoms with E-state index in [-0.39, 0.29) is 0 Å². The topological polar surface area (TPSA) is 52.0 Å². The Balaban J connectivity index is -0.000000391. The number of benzene rings is 8. The smallest absolute Gasteiger partial charge is 0.0423 e. The molecule has 0 aliphatic rings. The average Bonchev–Trinajstić information content (AvgIpc) is 3.49. The molecule has 0 aliphatic heterocycles. The highest BCUT2D eigenvalue weighted by Gasteiger charge is 2.06. The van der Waals surface area contributed by atoms with Crippen molar-refractivity contribution in [2.45, 2.75) is 151 Å². The van der Waals surface area contributed by atoms with E-state index in [4.69, 9.17) is 11.5 Å². The Morgan fingerprint density at radius 3 is 0.944 bits per heavy atom. The van der Waals surface area contributed by atoms with E-state index in [1.165, 1.54) is 50.1 Å². The molecule has 0 spiro atoms. The molecule has 72 heavy (non-hydrogen) atoms. The summed E-state index contributed by atoms with van der Waals surface area (Å²) >= 11 is 0. The van der Waals surface area contributed by atoms with Crippen LogP contribution in [0.5, 0.6) is 0 Å². The third-order valence-electron chi connectivity index (χ3n) is 9.79. The fourth-order valence-corrected chi connectivity index (χ4v) is 6.72. The summed E-state index contributed by atoms with van der Waals surface area (Å²) in [5.74, 6) is 0. The monoisotopic (exact) mass is 971 g/mol. The zero-order valence-corrected chi connectivity index (χ0v) is 49.2. The van der Waals surface area contributed by atoms with Crippen LogP contribution in [0.15, 0.2) is 206 Å². The SMILES string of the molecule is CC.CC.CC.CC.CC.CC.CC.CC.CCc1c(C)cccc1-c1ccccc1.CCc1ccccc1-c1ccccc1.Cc1cccc(-c2ccccc2)c1N.Nc1ccccc1-c1ccccc1. The minimum atomic E-state index is 0.828. The summed E-state index contributed by atoms with van der Waals surface area (Å²) in [5.41, 5.74) is 28.9. The van der Waals surface area contributed by atoms with E-state index in [2.05, 4.69) is 154 Å². The van der Waals surface area contributed by atoms with E-state index in [0.717, 1.165) is 40.9 Å². The maximum atomic E-state index is 6.01. The van der Waals surface area contributed by atoms with Crippen molar-refractivity contribution in [2.24, 2.45) is 0 Å². The van der Waals surface area contributed by atoms with Gasteiger partial charge in [0.25, 0.3) is 0 Å². The van der Waals surface area contributed by atoms with Gasteiger partial charge in [-0.05, 0) is 88.4 Å². The summed E-state index contributed by atoms with van der Waals surface area (Å²) in [6.45, 7) is 40.6. The van der Waals surface area contributed by atoms with Crippen molar-refractivity contribution in [3.05, 3.63) is 229 Å². The van der Waals surface area contributed by atoms with Gasteiger partial charge in [-0.3, -0.25) is 0 Å². The molecule has 0 atom stereocenters. The minimum absolute atomic E-state index is 0.828. The Morgan fingerprint density at radius 2 is 0.556 bits per heavy atom. The van der Waals surface area contributed by atoms with Gasteiger partial charge in [-0.15, -0.1) is 0 Å². The Kier molecular flexibility index (Phi) is 50.7. The predicted molar refractivity (Wildman–Crippen MR) is 335 cm³/mol. The van der Waals surface area contributed by atoms with Gasteiger partial charge in [0, 0.05) is 22.5 Å². The largest absolute Gasteiger partial charge is 0.398 e. The molecule has 0 radical (unpaired) electrons. The molecule has 0 aliphatic carbocycles. The number of anilines is 2. The van der Waals surface area contributed by atoms with Gasteiger partial charge in [-0.25, -0.2) is 0 Å². The van der Waals surface area contributed by atoms with E-state index in [9.17, 15) is 0 Å². The maximum Gasteiger partial charge on any atom is 0.0423 e. The first-order valence-electron chi connectivity index (χ1n) is 27.5. The molecular weight excluding hydrogens is 869 g/mol. The summed E-state index contributed by atoms with van der Waals surface area (Å²) in [6, 6.07) is 70.6. The Bertz CT molecular complexity index is 2350. The van der Waals surface area contributed by atoms with Crippen LogP contribution >= 0.6 is 0 Å². The molecule has 2 nitrogen and oxygen atoms in total. The lowest BCUT2D eigenvalue weighted by Crippen LogP contribution is -1.92. The molecule has 0 unspecified atom stereocenters. The van der Waals surface area contributed by atoms with Gasteiger partial charge in [-0.2, -0.15) is 0 Å². The number of aryl methyl sites for hydroxylation is 3. The van der Waals surface area contributed by atoms with Crippen LogP contribution in [-0.2, 0) is 12.8 Å². The second kappa shape index (κ2) is 50.7. The highest BCUT2D eigenvalue weighted by molar-refractivity contribution is 5.78. The van der Waals surface area contributed by atoms with Crippen LogP contribution in [0.25, 0.3) is 44.5 Å². The molecule has 0 aromatic heterocycles. The number of para-hydroxylation sites is 2. The summed E-state index contributed by atoms with van der Waals surface area (Å²) in [6.07, 6.45) is 2.18. The van der Waals surface area contributed by atoms with Gasteiger partial charge >= 0.3 is 0 Å². The molecule has 0 fully saturated rings. The molecule has 4 N–H and O–H groups in total. The van der Waals surface area contributed by atoms with E-state index >= 15 is 0 Å². The molecular formula is C70H102N2. The van der Waals surface area contributed by atoms with Crippen molar-refractivity contribution in [1.29, 1.82) is 0 Å². The quantitative estimate of drug-likeness (QED) is 0.163. The zero-order chi connectivity index (χ0) is 55.5. The highest BCUT2D eigenvalue weighted by atomic mass is 14.6. The Labute approximate surface area is 445 Å². The lowest BCUT2D eigenvalue weighted by atomic mass is 9.94. The van der Waals surface area contributed by atoms with Crippen molar-refractivity contribution >= 4 is 11.4 Å². The molecule has 0 heterocycles. The van der Waals surface area contributed by atoms with E-state index in [1.807, 2.05) is 190 Å². The fourth-order valence-electron chi connectivity index (χ4n) is 6.72. The van der Waals surface area contributed by atoms with Crippen LogP contribution in [0, 0.1) is 13.8 Å². The molecule has 8 aromatic carbocycles. The van der Waals surface area contributed by atoms with E-state index in [0.29, 0.717) is 0 Å². The molecule has 8 aromatic rings. The lowest BCUT2D eigenvalue weighted by Gasteiger charge is -2.10. The summed E-state index contributed by atoms with van der Waals surface area (Å²) in [4.78, 5) is 0. The van der Waals surface area contributed by atoms with Gasteiger partial charge in [0.15, 0.2) is 0 Å². The van der Waals surface area contributed by atoms with Crippen molar-refractivity contribution in [1.82, 2.24) is 0 Å². The molecule has 2 heteroatoms. The summed E-state index contributed by atoms with van der Waals surface area (Å²) < 4.78 is 0. The molecule has 0 saturated carbocycles. The van der Waals surface area contributed by atoms with Crippen LogP contribution in [0.1, 0.15) is 147 Å². The molecule has 0 saturated heterocycles. The van der Waals surface area contributed by atoms with Crippen molar-refractivity contribution < 1.29 is 0 Å². The molecule has 8 rings (SSSR count). The standard InChI is InChI=1S/C15H16.C14H14.C13H13N.C12H11N.8C2H6/c1-3-14-12(2)8-7-11-15(14)13-9-5-4-6-10-13;1-2-12-8-6-7-11-14(12)13-9-4-3-5-10-13;1-10-6-5-9-12(13(10)14)11-7-3-2-4-8-11;13-12-9-5-4-8-11(12)10-6-2-1-3-7-10;8*1-2/h4-11H,3H2,1-2H3;3-11H,2H2,1H3;2-9H,14H2,1H3;1-9H,13H2;8*1-2H3. The van der Waals surface area contributed by atoms with Gasteiger partial charge in [0.1, 0.15) is 0 Å². The molecule has 392 valence electrons. The number of nitrogens with two attached hydrogens (primary N) is 2. The fraction of sp³-hybridized carbons (Fsp3) is 0.314. The van der Waals surface area contributed by atoms with Crippen molar-refractivity contribution in [3.8, 4) is 44.5 Å². The normalized spacial score (nSPS) is 8.50. The zero-order valence-electron chi connectivity index (χ0n) is 49.2. The number of nitrogen functional groups attached to an aromatic ring is 2. The minimum Gasteiger partial charge on any atom is -0.398 e. The predicted octanol–water partition coefficient (Wildman–Crippen LogP) is 22.5. The third kappa shape index (κ3) is 27.1. The van der Waals surface area contributed by atoms with E-state index < -0.39 is 0 Å². The van der Waals surface area contributed by atoms with Gasteiger partial charge in [-0.1, -0.05) is 325 Å². The van der Waals surface area contributed by atoms with Crippen LogP contribution in [-0.4, -0.2) is 0 Å². The number of hydrogen-bond acceptors (Lipinski definition) is 2. The van der Waals surface area contributed by atoms with E-state index in [1.54, 1.807) is 0 Å². The highest BCUT2D eigenvalue weighted by Crippen LogP contribution is 2.29. The average molecular weight is 972 g/mol. The van der Waals surface area contributed by atoms with Crippen LogP contribution < -0.4 is 11.5 Å². The van der Waals surface area contributed by atoms with Gasteiger partial charge in [0.05, 0.1) is 0 Å². The first-order valence-corrected chi connectivity index (χ1v) is 27.5. The Morgan fingerprint density at radius 1 is 0.264 bits per heavy atom. The van der Waals surface area contributed by atoms with Gasteiger partial charge in [0.2, 0.25) is 0 Å². The third-order valence-corrected chi connectivity index (χ3v) is 9.79.